The molecule has 1 fully saturated rings. The van der Waals surface area contributed by atoms with Crippen LogP contribution in [0.2, 0.25) is 0 Å². The van der Waals surface area contributed by atoms with E-state index in [1.54, 1.807) is 0 Å². The van der Waals surface area contributed by atoms with Gasteiger partial charge in [0.15, 0.2) is 17.3 Å². The van der Waals surface area contributed by atoms with Gasteiger partial charge in [-0.25, -0.2) is 4.98 Å². The van der Waals surface area contributed by atoms with Gasteiger partial charge in [-0.3, -0.25) is 10.2 Å². The quantitative estimate of drug-likeness (QED) is 0.298. The van der Waals surface area contributed by atoms with E-state index in [4.69, 9.17) is 9.72 Å². The lowest BCUT2D eigenvalue weighted by Gasteiger charge is -2.42. The number of aromatic amines is 2. The largest absolute Gasteiger partial charge is 0.451 e. The smallest absolute Gasteiger partial charge is 0.177 e. The number of aromatic nitrogens is 5. The molecule has 8 heteroatoms. The summed E-state index contributed by atoms with van der Waals surface area (Å²) in [5, 5.41) is 19.9. The fraction of sp³-hybridized carbons (Fsp3) is 0.138. The number of anilines is 2. The van der Waals surface area contributed by atoms with Crippen molar-refractivity contribution in [3.05, 3.63) is 78.8 Å². The Morgan fingerprint density at radius 3 is 2.24 bits per heavy atom. The van der Waals surface area contributed by atoms with E-state index in [0.29, 0.717) is 6.04 Å². The van der Waals surface area contributed by atoms with Gasteiger partial charge in [-0.15, -0.1) is 0 Å². The van der Waals surface area contributed by atoms with Crippen LogP contribution >= 0.6 is 0 Å². The Morgan fingerprint density at radius 1 is 0.784 bits per heavy atom. The van der Waals surface area contributed by atoms with Crippen LogP contribution in [0, 0.1) is 6.92 Å². The molecule has 6 aromatic rings. The molecule has 0 bridgehead atoms. The van der Waals surface area contributed by atoms with Crippen molar-refractivity contribution >= 4 is 33.3 Å². The molecule has 3 aromatic carbocycles. The highest BCUT2D eigenvalue weighted by Crippen LogP contribution is 2.50. The number of aryl methyl sites for hydroxylation is 1. The van der Waals surface area contributed by atoms with Crippen LogP contribution < -0.4 is 15.0 Å². The van der Waals surface area contributed by atoms with Crippen LogP contribution in [0.4, 0.5) is 11.5 Å². The molecule has 0 atom stereocenters. The second-order valence-electron chi connectivity index (χ2n) is 9.81. The third-order valence-electron chi connectivity index (χ3n) is 7.50. The molecule has 3 N–H and O–H groups in total. The van der Waals surface area contributed by atoms with E-state index in [1.807, 2.05) is 24.7 Å². The van der Waals surface area contributed by atoms with Crippen LogP contribution in [0.25, 0.3) is 44.1 Å². The fourth-order valence-corrected chi connectivity index (χ4v) is 5.40. The van der Waals surface area contributed by atoms with Crippen molar-refractivity contribution in [3.63, 3.8) is 0 Å². The van der Waals surface area contributed by atoms with E-state index in [-0.39, 0.29) is 0 Å². The Morgan fingerprint density at radius 2 is 1.51 bits per heavy atom. The highest BCUT2D eigenvalue weighted by molar-refractivity contribution is 5.88. The molecule has 5 heterocycles. The first-order valence-electron chi connectivity index (χ1n) is 12.4. The first kappa shape index (κ1) is 20.5. The van der Waals surface area contributed by atoms with Gasteiger partial charge in [0.25, 0.3) is 0 Å². The molecule has 0 spiro atoms. The molecular formula is C29H23N7O. The molecule has 0 radical (unpaired) electrons. The number of H-pyrrole nitrogens is 2. The summed E-state index contributed by atoms with van der Waals surface area (Å²) >= 11 is 0. The molecular weight excluding hydrogens is 462 g/mol. The molecule has 37 heavy (non-hydrogen) atoms. The topological polar surface area (TPSA) is 94.8 Å². The third kappa shape index (κ3) is 3.16. The maximum atomic E-state index is 6.59. The van der Waals surface area contributed by atoms with Gasteiger partial charge in [0.05, 0.1) is 35.2 Å². The minimum Gasteiger partial charge on any atom is -0.451 e. The van der Waals surface area contributed by atoms with Crippen LogP contribution in [0.15, 0.2) is 73.2 Å². The summed E-state index contributed by atoms with van der Waals surface area (Å²) in [5.74, 6) is 2.47. The first-order valence-corrected chi connectivity index (χ1v) is 12.4. The van der Waals surface area contributed by atoms with Crippen LogP contribution in [0.1, 0.15) is 5.56 Å². The van der Waals surface area contributed by atoms with E-state index in [2.05, 4.69) is 86.1 Å². The Labute approximate surface area is 212 Å². The number of ether oxygens (including phenoxy) is 1. The van der Waals surface area contributed by atoms with Crippen molar-refractivity contribution in [2.45, 2.75) is 13.0 Å². The molecule has 2 aliphatic rings. The SMILES string of the molecule is Cc1cc2c(cc1-c1ccc3[nH]ncc3c1)Oc1cc(-c3ccc4[nH]ncc4c3)cnc1N2C1CNC1. The average molecular weight is 486 g/mol. The molecule has 2 aliphatic heterocycles. The number of hydrogen-bond acceptors (Lipinski definition) is 6. The summed E-state index contributed by atoms with van der Waals surface area (Å²) in [6.45, 7) is 3.99. The first-order chi connectivity index (χ1) is 18.2. The zero-order valence-corrected chi connectivity index (χ0v) is 20.1. The molecule has 1 saturated heterocycles. The highest BCUT2D eigenvalue weighted by atomic mass is 16.5. The Kier molecular flexibility index (Phi) is 4.24. The maximum Gasteiger partial charge on any atom is 0.177 e. The second kappa shape index (κ2) is 7.65. The van der Waals surface area contributed by atoms with Crippen LogP contribution in [0.3, 0.4) is 0 Å². The van der Waals surface area contributed by atoms with Gasteiger partial charge in [-0.1, -0.05) is 12.1 Å². The van der Waals surface area contributed by atoms with Crippen molar-refractivity contribution in [3.8, 4) is 33.8 Å². The minimum absolute atomic E-state index is 0.328. The van der Waals surface area contributed by atoms with Crippen molar-refractivity contribution in [2.75, 3.05) is 18.0 Å². The molecule has 0 amide bonds. The number of rotatable bonds is 3. The summed E-state index contributed by atoms with van der Waals surface area (Å²) in [5.41, 5.74) is 8.66. The van der Waals surface area contributed by atoms with E-state index in [0.717, 1.165) is 80.2 Å². The van der Waals surface area contributed by atoms with Gasteiger partial charge >= 0.3 is 0 Å². The Bertz CT molecular complexity index is 1830. The summed E-state index contributed by atoms with van der Waals surface area (Å²) in [7, 11) is 0. The number of nitrogens with zero attached hydrogens (tertiary/aromatic N) is 4. The highest BCUT2D eigenvalue weighted by Gasteiger charge is 2.35. The van der Waals surface area contributed by atoms with E-state index in [9.17, 15) is 0 Å². The molecule has 0 aliphatic carbocycles. The summed E-state index contributed by atoms with van der Waals surface area (Å²) in [6, 6.07) is 19.5. The van der Waals surface area contributed by atoms with Gasteiger partial charge in [0.1, 0.15) is 0 Å². The number of pyridine rings is 1. The molecule has 3 aromatic heterocycles. The Balaban J connectivity index is 1.25. The van der Waals surface area contributed by atoms with Gasteiger partial charge in [0, 0.05) is 35.6 Å². The third-order valence-corrected chi connectivity index (χ3v) is 7.50. The lowest BCUT2D eigenvalue weighted by atomic mass is 9.96. The lowest BCUT2D eigenvalue weighted by Crippen LogP contribution is -2.56. The molecule has 180 valence electrons. The predicted octanol–water partition coefficient (Wildman–Crippen LogP) is 5.69. The maximum absolute atomic E-state index is 6.59. The summed E-state index contributed by atoms with van der Waals surface area (Å²) in [6.07, 6.45) is 5.64. The fourth-order valence-electron chi connectivity index (χ4n) is 5.40. The standard InChI is InChI=1S/C29H23N7O/c1-16-6-26-27(10-23(16)18-3-5-25-21(8-18)13-33-35-25)37-28-9-19(11-31-29(28)36(26)22-14-30-15-22)17-2-4-24-20(7-17)12-32-34-24/h2-13,22,30H,14-15H2,1H3,(H,32,34)(H,33,35). The lowest BCUT2D eigenvalue weighted by molar-refractivity contribution is 0.411. The number of fused-ring (bicyclic) bond motifs is 4. The average Bonchev–Trinajstić information content (AvgIpc) is 3.55. The van der Waals surface area contributed by atoms with Crippen molar-refractivity contribution in [1.82, 2.24) is 30.7 Å². The molecule has 8 nitrogen and oxygen atoms in total. The molecule has 0 saturated carbocycles. The van der Waals surface area contributed by atoms with E-state index in [1.165, 1.54) is 5.56 Å². The van der Waals surface area contributed by atoms with Gasteiger partial charge in [-0.05, 0) is 71.6 Å². The van der Waals surface area contributed by atoms with E-state index >= 15 is 0 Å². The summed E-state index contributed by atoms with van der Waals surface area (Å²) in [4.78, 5) is 7.26. The molecule has 8 rings (SSSR count). The number of nitrogens with one attached hydrogen (secondary N) is 3. The zero-order valence-electron chi connectivity index (χ0n) is 20.1. The minimum atomic E-state index is 0.328. The normalized spacial score (nSPS) is 14.9. The Hall–Kier alpha value is -4.69. The predicted molar refractivity (Wildman–Crippen MR) is 144 cm³/mol. The van der Waals surface area contributed by atoms with Crippen molar-refractivity contribution in [1.29, 1.82) is 0 Å². The van der Waals surface area contributed by atoms with Crippen molar-refractivity contribution in [2.24, 2.45) is 0 Å². The number of hydrogen-bond donors (Lipinski definition) is 3. The van der Waals surface area contributed by atoms with Gasteiger partial charge < -0.3 is 15.0 Å². The van der Waals surface area contributed by atoms with Crippen molar-refractivity contribution < 1.29 is 4.74 Å². The van der Waals surface area contributed by atoms with Crippen LogP contribution in [0.5, 0.6) is 11.5 Å². The zero-order chi connectivity index (χ0) is 24.5. The van der Waals surface area contributed by atoms with Crippen LogP contribution in [-0.2, 0) is 0 Å². The second-order valence-corrected chi connectivity index (χ2v) is 9.81. The van der Waals surface area contributed by atoms with E-state index < -0.39 is 0 Å². The number of benzene rings is 3. The molecule has 0 unspecified atom stereocenters. The monoisotopic (exact) mass is 485 g/mol. The summed E-state index contributed by atoms with van der Waals surface area (Å²) < 4.78 is 6.59. The van der Waals surface area contributed by atoms with Gasteiger partial charge in [0.2, 0.25) is 0 Å². The van der Waals surface area contributed by atoms with Crippen LogP contribution in [-0.4, -0.2) is 44.5 Å². The van der Waals surface area contributed by atoms with Gasteiger partial charge in [-0.2, -0.15) is 10.2 Å².